The van der Waals surface area contributed by atoms with Crippen molar-refractivity contribution in [2.24, 2.45) is 5.92 Å². The van der Waals surface area contributed by atoms with Crippen molar-refractivity contribution >= 4 is 17.6 Å². The number of amides is 2. The van der Waals surface area contributed by atoms with Crippen molar-refractivity contribution in [2.45, 2.75) is 33.1 Å². The molecule has 7 nitrogen and oxygen atoms in total. The Morgan fingerprint density at radius 3 is 2.56 bits per heavy atom. The summed E-state index contributed by atoms with van der Waals surface area (Å²) < 4.78 is 10.5. The van der Waals surface area contributed by atoms with Crippen molar-refractivity contribution in [2.75, 3.05) is 25.0 Å². The topological polar surface area (TPSA) is 84.7 Å². The maximum Gasteiger partial charge on any atom is 0.260 e. The number of piperidine rings is 1. The minimum atomic E-state index is -0.131. The minimum absolute atomic E-state index is 0.0144. The Labute approximate surface area is 158 Å². The molecule has 0 bridgehead atoms. The zero-order chi connectivity index (χ0) is 19.2. The van der Waals surface area contributed by atoms with Gasteiger partial charge in [0.1, 0.15) is 11.5 Å². The van der Waals surface area contributed by atoms with Crippen molar-refractivity contribution in [1.29, 1.82) is 0 Å². The zero-order valence-corrected chi connectivity index (χ0v) is 15.7. The number of rotatable bonds is 6. The van der Waals surface area contributed by atoms with E-state index in [1.807, 2.05) is 24.3 Å². The zero-order valence-electron chi connectivity index (χ0n) is 15.7. The molecule has 1 saturated heterocycles. The Kier molecular flexibility index (Phi) is 6.11. The maximum atomic E-state index is 12.3. The number of hydrogen-bond acceptors (Lipinski definition) is 5. The van der Waals surface area contributed by atoms with Crippen LogP contribution in [-0.4, -0.2) is 41.6 Å². The van der Waals surface area contributed by atoms with Gasteiger partial charge in [-0.3, -0.25) is 9.59 Å². The van der Waals surface area contributed by atoms with Gasteiger partial charge >= 0.3 is 0 Å². The Hall–Kier alpha value is -2.83. The van der Waals surface area contributed by atoms with E-state index in [-0.39, 0.29) is 24.3 Å². The van der Waals surface area contributed by atoms with Gasteiger partial charge in [-0.1, -0.05) is 24.2 Å². The summed E-state index contributed by atoms with van der Waals surface area (Å²) >= 11 is 0. The Morgan fingerprint density at radius 2 is 1.96 bits per heavy atom. The normalized spacial score (nSPS) is 14.8. The molecule has 0 aliphatic carbocycles. The largest absolute Gasteiger partial charge is 0.484 e. The third kappa shape index (κ3) is 5.09. The van der Waals surface area contributed by atoms with Gasteiger partial charge in [-0.2, -0.15) is 0 Å². The van der Waals surface area contributed by atoms with Crippen molar-refractivity contribution in [3.8, 4) is 5.75 Å². The smallest absolute Gasteiger partial charge is 0.260 e. The maximum absolute atomic E-state index is 12.3. The molecule has 0 radical (unpaired) electrons. The molecular weight excluding hydrogens is 346 g/mol. The summed E-state index contributed by atoms with van der Waals surface area (Å²) in [5.74, 6) is 1.50. The van der Waals surface area contributed by atoms with Crippen LogP contribution in [-0.2, 0) is 16.0 Å². The van der Waals surface area contributed by atoms with E-state index in [4.69, 9.17) is 9.26 Å². The summed E-state index contributed by atoms with van der Waals surface area (Å²) in [4.78, 5) is 26.4. The molecule has 0 spiro atoms. The predicted molar refractivity (Wildman–Crippen MR) is 100 cm³/mol. The number of nitrogens with zero attached hydrogens (tertiary/aromatic N) is 2. The SMILES string of the molecule is CCc1ccc(OCC(=O)N2CCC(C(=O)Nc3cc(C)on3)CC2)cc1. The minimum Gasteiger partial charge on any atom is -0.484 e. The summed E-state index contributed by atoms with van der Waals surface area (Å²) in [6.07, 6.45) is 2.22. The molecule has 0 saturated carbocycles. The van der Waals surface area contributed by atoms with Gasteiger partial charge in [0.05, 0.1) is 0 Å². The first-order valence-electron chi connectivity index (χ1n) is 9.29. The number of anilines is 1. The second-order valence-corrected chi connectivity index (χ2v) is 6.75. The highest BCUT2D eigenvalue weighted by molar-refractivity contribution is 5.91. The highest BCUT2D eigenvalue weighted by Gasteiger charge is 2.28. The van der Waals surface area contributed by atoms with Crippen LogP contribution in [0, 0.1) is 12.8 Å². The molecular formula is C20H25N3O4. The third-order valence-corrected chi connectivity index (χ3v) is 4.79. The van der Waals surface area contributed by atoms with Gasteiger partial charge in [-0.15, -0.1) is 0 Å². The van der Waals surface area contributed by atoms with Crippen molar-refractivity contribution in [3.63, 3.8) is 0 Å². The molecule has 1 aliphatic rings. The summed E-state index contributed by atoms with van der Waals surface area (Å²) in [5.41, 5.74) is 1.23. The van der Waals surface area contributed by atoms with Gasteiger partial charge < -0.3 is 19.5 Å². The first-order chi connectivity index (χ1) is 13.0. The van der Waals surface area contributed by atoms with Crippen molar-refractivity contribution < 1.29 is 18.8 Å². The fourth-order valence-electron chi connectivity index (χ4n) is 3.10. The number of carbonyl (C=O) groups is 2. The van der Waals surface area contributed by atoms with Crippen LogP contribution in [0.1, 0.15) is 31.1 Å². The quantitative estimate of drug-likeness (QED) is 0.844. The second-order valence-electron chi connectivity index (χ2n) is 6.75. The van der Waals surface area contributed by atoms with E-state index in [0.29, 0.717) is 43.3 Å². The molecule has 27 heavy (non-hydrogen) atoms. The van der Waals surface area contributed by atoms with Gasteiger partial charge in [-0.05, 0) is 43.9 Å². The Bertz CT molecular complexity index is 777. The number of ether oxygens (including phenoxy) is 1. The van der Waals surface area contributed by atoms with Crippen LogP contribution in [0.3, 0.4) is 0 Å². The molecule has 1 aromatic heterocycles. The lowest BCUT2D eigenvalue weighted by Crippen LogP contribution is -2.43. The summed E-state index contributed by atoms with van der Waals surface area (Å²) in [6, 6.07) is 9.45. The number of nitrogens with one attached hydrogen (secondary N) is 1. The first-order valence-corrected chi connectivity index (χ1v) is 9.29. The van der Waals surface area contributed by atoms with Crippen LogP contribution in [0.5, 0.6) is 5.75 Å². The van der Waals surface area contributed by atoms with E-state index < -0.39 is 0 Å². The average Bonchev–Trinajstić information content (AvgIpc) is 3.11. The lowest BCUT2D eigenvalue weighted by atomic mass is 9.96. The van der Waals surface area contributed by atoms with Gasteiger partial charge in [-0.25, -0.2) is 0 Å². The Morgan fingerprint density at radius 1 is 1.26 bits per heavy atom. The van der Waals surface area contributed by atoms with Crippen molar-refractivity contribution in [1.82, 2.24) is 10.1 Å². The number of hydrogen-bond donors (Lipinski definition) is 1. The standard InChI is InChI=1S/C20H25N3O4/c1-3-15-4-6-17(7-5-15)26-13-19(24)23-10-8-16(9-11-23)20(25)21-18-12-14(2)27-22-18/h4-7,12,16H,3,8-11,13H2,1-2H3,(H,21,22,25). The van der Waals surface area contributed by atoms with Gasteiger partial charge in [0.2, 0.25) is 5.91 Å². The fraction of sp³-hybridized carbons (Fsp3) is 0.450. The number of likely N-dealkylation sites (tertiary alicyclic amines) is 1. The highest BCUT2D eigenvalue weighted by atomic mass is 16.5. The van der Waals surface area contributed by atoms with Crippen LogP contribution in [0.2, 0.25) is 0 Å². The molecule has 2 heterocycles. The van der Waals surface area contributed by atoms with Crippen LogP contribution < -0.4 is 10.1 Å². The fourth-order valence-corrected chi connectivity index (χ4v) is 3.10. The molecule has 0 unspecified atom stereocenters. The second kappa shape index (κ2) is 8.70. The van der Waals surface area contributed by atoms with Crippen LogP contribution in [0.15, 0.2) is 34.9 Å². The number of carbonyl (C=O) groups excluding carboxylic acids is 2. The lowest BCUT2D eigenvalue weighted by molar-refractivity contribution is -0.136. The summed E-state index contributed by atoms with van der Waals surface area (Å²) in [5, 5.41) is 6.53. The van der Waals surface area contributed by atoms with E-state index in [0.717, 1.165) is 6.42 Å². The Balaban J connectivity index is 1.42. The molecule has 0 atom stereocenters. The summed E-state index contributed by atoms with van der Waals surface area (Å²) in [6.45, 7) is 4.98. The number of benzene rings is 1. The monoisotopic (exact) mass is 371 g/mol. The average molecular weight is 371 g/mol. The molecule has 1 fully saturated rings. The molecule has 1 aliphatic heterocycles. The first kappa shape index (κ1) is 18.9. The van der Waals surface area contributed by atoms with E-state index in [1.54, 1.807) is 17.9 Å². The van der Waals surface area contributed by atoms with Crippen molar-refractivity contribution in [3.05, 3.63) is 41.7 Å². The third-order valence-electron chi connectivity index (χ3n) is 4.79. The number of aromatic nitrogens is 1. The summed E-state index contributed by atoms with van der Waals surface area (Å²) in [7, 11) is 0. The lowest BCUT2D eigenvalue weighted by Gasteiger charge is -2.31. The van der Waals surface area contributed by atoms with Crippen LogP contribution in [0.4, 0.5) is 5.82 Å². The van der Waals surface area contributed by atoms with E-state index in [2.05, 4.69) is 17.4 Å². The number of aryl methyl sites for hydroxylation is 2. The molecule has 1 aromatic carbocycles. The van der Waals surface area contributed by atoms with E-state index >= 15 is 0 Å². The van der Waals surface area contributed by atoms with E-state index in [1.165, 1.54) is 5.56 Å². The predicted octanol–water partition coefficient (Wildman–Crippen LogP) is 2.80. The molecule has 2 amide bonds. The van der Waals surface area contributed by atoms with Gasteiger partial charge in [0, 0.05) is 25.1 Å². The molecule has 144 valence electrons. The molecule has 1 N–H and O–H groups in total. The van der Waals surface area contributed by atoms with Crippen LogP contribution >= 0.6 is 0 Å². The molecule has 7 heteroatoms. The highest BCUT2D eigenvalue weighted by Crippen LogP contribution is 2.20. The molecule has 3 rings (SSSR count). The van der Waals surface area contributed by atoms with Crippen LogP contribution in [0.25, 0.3) is 0 Å². The van der Waals surface area contributed by atoms with Gasteiger partial charge in [0.15, 0.2) is 12.4 Å². The molecule has 2 aromatic rings. The van der Waals surface area contributed by atoms with Gasteiger partial charge in [0.25, 0.3) is 5.91 Å². The van der Waals surface area contributed by atoms with E-state index in [9.17, 15) is 9.59 Å².